The molecule has 15 nitrogen and oxygen atoms in total. The molecule has 0 N–H and O–H groups in total. The predicted molar refractivity (Wildman–Crippen MR) is 407 cm³/mol. The van der Waals surface area contributed by atoms with Gasteiger partial charge < -0.3 is 47.4 Å². The molecule has 14 unspecified atom stereocenters. The molecular formula is C86H158O15. The molecule has 9 aliphatic carbocycles. The first-order valence-electron chi connectivity index (χ1n) is 39.5. The summed E-state index contributed by atoms with van der Waals surface area (Å²) in [6.45, 7) is 60.2. The Morgan fingerprint density at radius 2 is 0.812 bits per heavy atom. The lowest BCUT2D eigenvalue weighted by atomic mass is 9.70. The maximum atomic E-state index is 12.2. The Bertz CT molecular complexity index is 2620. The van der Waals surface area contributed by atoms with E-state index in [-0.39, 0.29) is 110 Å². The van der Waals surface area contributed by atoms with Gasteiger partial charge in [0.25, 0.3) is 0 Å². The number of hydrogen-bond donors (Lipinski definition) is 0. The summed E-state index contributed by atoms with van der Waals surface area (Å²) in [6.07, 6.45) is 26.4. The summed E-state index contributed by atoms with van der Waals surface area (Å²) in [4.78, 5) is 59.8. The molecule has 101 heavy (non-hydrogen) atoms. The molecular weight excluding hydrogens is 1270 g/mol. The molecule has 0 spiro atoms. The maximum Gasteiger partial charge on any atom is 0.313 e. The highest BCUT2D eigenvalue weighted by atomic mass is 16.7. The van der Waals surface area contributed by atoms with Gasteiger partial charge in [-0.2, -0.15) is 0 Å². The standard InChI is InChI=1S/2C18H32O3.C17H30O3.C16H28O3.C15H28O3.2CH4/c1-8-16(3,4)15(19)21-12(2)20-14-17(5,6)13-9-10-18(14,7)11-13;1-8-16(3,4)15(19)21-12(2)20-14-11-13-9-10-18(14,7)17(13,5)6;1-7-15(2,3)14(18)20-11-19-13-10-12-8-9-17(13,6)16(12,4)5;1-5-15(2,3)14(17)19-11-18-10-16(4)9-12-6-7-13(16)8-12;1-5-14(2,3)13(16)18-12-17-11-15(4)9-7-6-8-10-15;;/h2*12-14H,8-11H2,1-7H3;12-13H,7-11H2,1-6H3;12-13H,5-11H2,1-4H3;5-12H2,1-4H3;2*1H4. The van der Waals surface area contributed by atoms with Crippen LogP contribution in [0.2, 0.25) is 0 Å². The Morgan fingerprint density at radius 3 is 1.18 bits per heavy atom. The summed E-state index contributed by atoms with van der Waals surface area (Å²) < 4.78 is 56.3. The van der Waals surface area contributed by atoms with Crippen LogP contribution in [-0.4, -0.2) is 94.3 Å². The Kier molecular flexibility index (Phi) is 32.8. The zero-order valence-electron chi connectivity index (χ0n) is 68.7. The van der Waals surface area contributed by atoms with Gasteiger partial charge in [0.05, 0.1) is 58.6 Å². The number of rotatable bonds is 27. The molecule has 9 aliphatic rings. The summed E-state index contributed by atoms with van der Waals surface area (Å²) in [5.74, 6) is 3.15. The molecule has 0 heterocycles. The van der Waals surface area contributed by atoms with Crippen molar-refractivity contribution in [2.45, 2.75) is 387 Å². The summed E-state index contributed by atoms with van der Waals surface area (Å²) in [7, 11) is 0. The minimum atomic E-state index is -0.469. The lowest BCUT2D eigenvalue weighted by molar-refractivity contribution is -0.219. The first-order valence-corrected chi connectivity index (χ1v) is 39.5. The molecule has 0 saturated heterocycles. The van der Waals surface area contributed by atoms with Crippen LogP contribution in [0, 0.1) is 100.0 Å². The van der Waals surface area contributed by atoms with Crippen LogP contribution >= 0.6 is 0 Å². The first-order chi connectivity index (χ1) is 45.5. The molecule has 14 atom stereocenters. The SMILES string of the molecule is C.C.CCC(C)(C)C(=O)OC(C)OC1C2(C)CCC(C2)C1(C)C.CCC(C)(C)C(=O)OC(C)OC1CC2CCC1(C)C2(C)C.CCC(C)(C)C(=O)OCOC1CC2CCC1(C)C2(C)C.CCC(C)(C)C(=O)OCOCC1(C)CC2CCC1C2.CCC(C)(C)C(=O)OCOCC1(C)CCCCC1. The second-order valence-electron chi connectivity index (χ2n) is 39.0. The summed E-state index contributed by atoms with van der Waals surface area (Å²) in [5.41, 5.74) is 0.0151. The van der Waals surface area contributed by atoms with Gasteiger partial charge in [-0.25, -0.2) is 0 Å². The van der Waals surface area contributed by atoms with Crippen LogP contribution in [0.4, 0.5) is 0 Å². The molecule has 0 amide bonds. The molecule has 0 aliphatic heterocycles. The largest absolute Gasteiger partial charge is 0.438 e. The first kappa shape index (κ1) is 92.4. The van der Waals surface area contributed by atoms with Crippen LogP contribution in [-0.2, 0) is 71.3 Å². The minimum absolute atomic E-state index is 0. The molecule has 9 saturated carbocycles. The maximum absolute atomic E-state index is 12.2. The molecule has 592 valence electrons. The molecule has 9 rings (SSSR count). The van der Waals surface area contributed by atoms with E-state index in [0.29, 0.717) is 22.9 Å². The van der Waals surface area contributed by atoms with Gasteiger partial charge in [-0.05, 0) is 278 Å². The van der Waals surface area contributed by atoms with Gasteiger partial charge in [0.15, 0.2) is 33.0 Å². The molecule has 0 aromatic heterocycles. The van der Waals surface area contributed by atoms with Gasteiger partial charge in [-0.15, -0.1) is 0 Å². The number of carbonyl (C=O) groups is 5. The lowest BCUT2D eigenvalue weighted by Crippen LogP contribution is -2.45. The third kappa shape index (κ3) is 21.7. The van der Waals surface area contributed by atoms with Crippen molar-refractivity contribution in [2.75, 3.05) is 33.6 Å². The van der Waals surface area contributed by atoms with Crippen LogP contribution in [0.3, 0.4) is 0 Å². The van der Waals surface area contributed by atoms with Gasteiger partial charge in [0.2, 0.25) is 0 Å². The number of ether oxygens (including phenoxy) is 10. The fourth-order valence-electron chi connectivity index (χ4n) is 18.1. The number of carbonyl (C=O) groups excluding carboxylic acids is 5. The van der Waals surface area contributed by atoms with Crippen molar-refractivity contribution in [3.05, 3.63) is 0 Å². The number of fused-ring (bicyclic) bond motifs is 8. The normalized spacial score (nSPS) is 31.7. The molecule has 0 aromatic rings. The van der Waals surface area contributed by atoms with E-state index in [0.717, 1.165) is 81.1 Å². The third-order valence-electron chi connectivity index (χ3n) is 29.2. The van der Waals surface area contributed by atoms with Gasteiger partial charge in [0.1, 0.15) is 0 Å². The van der Waals surface area contributed by atoms with Crippen molar-refractivity contribution in [3.8, 4) is 0 Å². The molecule has 0 radical (unpaired) electrons. The molecule has 15 heteroatoms. The Morgan fingerprint density at radius 1 is 0.416 bits per heavy atom. The average molecular weight is 1430 g/mol. The van der Waals surface area contributed by atoms with Crippen molar-refractivity contribution in [1.82, 2.24) is 0 Å². The highest BCUT2D eigenvalue weighted by Crippen LogP contribution is 2.68. The van der Waals surface area contributed by atoms with Crippen LogP contribution < -0.4 is 0 Å². The Balaban J connectivity index is 0.000000327. The fraction of sp³-hybridized carbons (Fsp3) is 0.942. The lowest BCUT2D eigenvalue weighted by Gasteiger charge is -2.43. The van der Waals surface area contributed by atoms with E-state index in [1.807, 2.05) is 118 Å². The van der Waals surface area contributed by atoms with Gasteiger partial charge in [-0.3, -0.25) is 24.0 Å². The van der Waals surface area contributed by atoms with E-state index in [1.54, 1.807) is 0 Å². The topological polar surface area (TPSA) is 178 Å². The summed E-state index contributed by atoms with van der Waals surface area (Å²) in [6, 6.07) is 0. The predicted octanol–water partition coefficient (Wildman–Crippen LogP) is 22.2. The van der Waals surface area contributed by atoms with Crippen molar-refractivity contribution < 1.29 is 71.3 Å². The van der Waals surface area contributed by atoms with Crippen LogP contribution in [0.5, 0.6) is 0 Å². The van der Waals surface area contributed by atoms with Crippen molar-refractivity contribution in [1.29, 1.82) is 0 Å². The van der Waals surface area contributed by atoms with Gasteiger partial charge in [0, 0.05) is 0 Å². The van der Waals surface area contributed by atoms with Crippen molar-refractivity contribution >= 4 is 29.8 Å². The Hall–Kier alpha value is -2.85. The quantitative estimate of drug-likeness (QED) is 0.0328. The third-order valence-corrected chi connectivity index (χ3v) is 29.2. The second kappa shape index (κ2) is 35.9. The van der Waals surface area contributed by atoms with E-state index in [9.17, 15) is 24.0 Å². The zero-order valence-corrected chi connectivity index (χ0v) is 68.7. The van der Waals surface area contributed by atoms with E-state index in [2.05, 4.69) is 76.2 Å². The number of esters is 5. The van der Waals surface area contributed by atoms with Crippen LogP contribution in [0.25, 0.3) is 0 Å². The highest BCUT2D eigenvalue weighted by Gasteiger charge is 2.64. The molecule has 8 bridgehead atoms. The van der Waals surface area contributed by atoms with E-state index in [1.165, 1.54) is 103 Å². The molecule has 9 fully saturated rings. The van der Waals surface area contributed by atoms with Gasteiger partial charge in [-0.1, -0.05) is 151 Å². The number of hydrogen-bond acceptors (Lipinski definition) is 15. The summed E-state index contributed by atoms with van der Waals surface area (Å²) >= 11 is 0. The van der Waals surface area contributed by atoms with E-state index < -0.39 is 39.7 Å². The van der Waals surface area contributed by atoms with E-state index in [4.69, 9.17) is 47.4 Å². The van der Waals surface area contributed by atoms with E-state index >= 15 is 0 Å². The molecule has 0 aromatic carbocycles. The van der Waals surface area contributed by atoms with Crippen molar-refractivity contribution in [2.24, 2.45) is 100.0 Å². The summed E-state index contributed by atoms with van der Waals surface area (Å²) in [5, 5.41) is 0. The van der Waals surface area contributed by atoms with Crippen LogP contribution in [0.1, 0.15) is 356 Å². The minimum Gasteiger partial charge on any atom is -0.438 e. The fourth-order valence-corrected chi connectivity index (χ4v) is 18.1. The zero-order chi connectivity index (χ0) is 75.0. The monoisotopic (exact) mass is 1430 g/mol. The highest BCUT2D eigenvalue weighted by molar-refractivity contribution is 5.77. The average Bonchev–Trinajstić information content (AvgIpc) is 1.58. The van der Waals surface area contributed by atoms with Crippen molar-refractivity contribution in [3.63, 3.8) is 0 Å². The van der Waals surface area contributed by atoms with Crippen LogP contribution in [0.15, 0.2) is 0 Å². The Labute approximate surface area is 619 Å². The second-order valence-corrected chi connectivity index (χ2v) is 39.0. The van der Waals surface area contributed by atoms with Gasteiger partial charge >= 0.3 is 29.8 Å². The smallest absolute Gasteiger partial charge is 0.313 e.